The molecule has 0 fully saturated rings. The normalized spacial score (nSPS) is 11.4. The van der Waals surface area contributed by atoms with E-state index in [9.17, 15) is 4.79 Å². The molecule has 0 saturated heterocycles. The number of halogens is 2. The number of methoxy groups -OCH3 is 1. The van der Waals surface area contributed by atoms with Gasteiger partial charge in [0.1, 0.15) is 6.04 Å². The highest BCUT2D eigenvalue weighted by molar-refractivity contribution is 6.18. The Balaban J connectivity index is 0.00000256. The van der Waals surface area contributed by atoms with E-state index in [4.69, 9.17) is 16.3 Å². The number of carbonyl (C=O) groups is 1. The second-order valence-electron chi connectivity index (χ2n) is 3.42. The van der Waals surface area contributed by atoms with Crippen molar-refractivity contribution in [3.8, 4) is 0 Å². The molecule has 0 aromatic heterocycles. The summed E-state index contributed by atoms with van der Waals surface area (Å²) < 4.78 is 4.69. The first-order valence-electron chi connectivity index (χ1n) is 5.19. The van der Waals surface area contributed by atoms with Gasteiger partial charge in [-0.25, -0.2) is 0 Å². The molecule has 0 spiro atoms. The average molecular weight is 278 g/mol. The van der Waals surface area contributed by atoms with Crippen molar-refractivity contribution in [2.45, 2.75) is 19.0 Å². The first-order valence-corrected chi connectivity index (χ1v) is 5.72. The zero-order valence-electron chi connectivity index (χ0n) is 9.69. The molecule has 0 aliphatic rings. The highest BCUT2D eigenvalue weighted by Gasteiger charge is 2.17. The quantitative estimate of drug-likeness (QED) is 0.641. The number of benzene rings is 1. The number of hydrogen-bond donors (Lipinski definition) is 1. The van der Waals surface area contributed by atoms with Gasteiger partial charge < -0.3 is 10.1 Å². The van der Waals surface area contributed by atoms with Crippen LogP contribution in [0.5, 0.6) is 0 Å². The van der Waals surface area contributed by atoms with Gasteiger partial charge in [0.25, 0.3) is 0 Å². The van der Waals surface area contributed by atoms with Crippen LogP contribution in [-0.2, 0) is 16.1 Å². The van der Waals surface area contributed by atoms with Gasteiger partial charge in [-0.05, 0) is 12.0 Å². The van der Waals surface area contributed by atoms with Gasteiger partial charge in [0, 0.05) is 12.4 Å². The van der Waals surface area contributed by atoms with Crippen molar-refractivity contribution < 1.29 is 9.53 Å². The van der Waals surface area contributed by atoms with Crippen molar-refractivity contribution >= 4 is 30.0 Å². The molecule has 0 bridgehead atoms. The molecule has 1 rings (SSSR count). The summed E-state index contributed by atoms with van der Waals surface area (Å²) in [6.45, 7) is 0.636. The number of nitrogens with one attached hydrogen (secondary N) is 1. The summed E-state index contributed by atoms with van der Waals surface area (Å²) in [4.78, 5) is 11.4. The van der Waals surface area contributed by atoms with Gasteiger partial charge in [-0.3, -0.25) is 4.79 Å². The maximum absolute atomic E-state index is 11.4. The molecule has 0 saturated carbocycles. The lowest BCUT2D eigenvalue weighted by atomic mass is 10.2. The molecule has 1 unspecified atom stereocenters. The van der Waals surface area contributed by atoms with Crippen molar-refractivity contribution in [2.75, 3.05) is 13.0 Å². The Morgan fingerprint density at radius 2 is 2.06 bits per heavy atom. The highest BCUT2D eigenvalue weighted by atomic mass is 35.5. The van der Waals surface area contributed by atoms with E-state index in [0.29, 0.717) is 18.8 Å². The number of alkyl halides is 1. The monoisotopic (exact) mass is 277 g/mol. The van der Waals surface area contributed by atoms with Crippen LogP contribution >= 0.6 is 24.0 Å². The predicted octanol–water partition coefficient (Wildman–Crippen LogP) is 2.37. The van der Waals surface area contributed by atoms with Crippen LogP contribution in [-0.4, -0.2) is 25.0 Å². The van der Waals surface area contributed by atoms with Crippen LogP contribution in [0.1, 0.15) is 12.0 Å². The van der Waals surface area contributed by atoms with Gasteiger partial charge in [-0.1, -0.05) is 30.3 Å². The Morgan fingerprint density at radius 1 is 1.41 bits per heavy atom. The molecular formula is C12H17Cl2NO2. The molecule has 1 aromatic carbocycles. The molecule has 0 aliphatic carbocycles. The van der Waals surface area contributed by atoms with E-state index >= 15 is 0 Å². The molecule has 5 heteroatoms. The summed E-state index contributed by atoms with van der Waals surface area (Å²) >= 11 is 5.63. The van der Waals surface area contributed by atoms with Crippen LogP contribution in [0.2, 0.25) is 0 Å². The zero-order valence-corrected chi connectivity index (χ0v) is 11.3. The molecule has 17 heavy (non-hydrogen) atoms. The molecule has 96 valence electrons. The van der Waals surface area contributed by atoms with Crippen LogP contribution in [0.3, 0.4) is 0 Å². The van der Waals surface area contributed by atoms with E-state index in [1.54, 1.807) is 0 Å². The summed E-state index contributed by atoms with van der Waals surface area (Å²) in [7, 11) is 1.38. The molecule has 1 aromatic rings. The van der Waals surface area contributed by atoms with Crippen molar-refractivity contribution in [1.82, 2.24) is 5.32 Å². The van der Waals surface area contributed by atoms with Crippen molar-refractivity contribution in [3.05, 3.63) is 35.9 Å². The molecule has 1 N–H and O–H groups in total. The largest absolute Gasteiger partial charge is 0.468 e. The SMILES string of the molecule is COC(=O)C(CCCl)NCc1ccccc1.Cl. The molecule has 0 amide bonds. The first kappa shape index (κ1) is 16.2. The van der Waals surface area contributed by atoms with Gasteiger partial charge in [0.05, 0.1) is 7.11 Å². The number of hydrogen-bond acceptors (Lipinski definition) is 3. The standard InChI is InChI=1S/C12H16ClNO2.ClH/c1-16-12(15)11(7-8-13)14-9-10-5-3-2-4-6-10;/h2-6,11,14H,7-9H2,1H3;1H. The molecule has 1 atom stereocenters. The minimum absolute atomic E-state index is 0. The third-order valence-electron chi connectivity index (χ3n) is 2.28. The fraction of sp³-hybridized carbons (Fsp3) is 0.417. The Kier molecular flexibility index (Phi) is 8.86. The Labute approximate surface area is 113 Å². The smallest absolute Gasteiger partial charge is 0.322 e. The topological polar surface area (TPSA) is 38.3 Å². The van der Waals surface area contributed by atoms with E-state index in [1.807, 2.05) is 30.3 Å². The summed E-state index contributed by atoms with van der Waals surface area (Å²) in [5.74, 6) is 0.165. The Hall–Kier alpha value is -0.770. The maximum Gasteiger partial charge on any atom is 0.322 e. The molecule has 3 nitrogen and oxygen atoms in total. The van der Waals surface area contributed by atoms with Gasteiger partial charge in [-0.2, -0.15) is 0 Å². The maximum atomic E-state index is 11.4. The molecule has 0 heterocycles. The number of ether oxygens (including phenoxy) is 1. The average Bonchev–Trinajstić information content (AvgIpc) is 2.34. The second-order valence-corrected chi connectivity index (χ2v) is 3.80. The minimum Gasteiger partial charge on any atom is -0.468 e. The van der Waals surface area contributed by atoms with E-state index in [-0.39, 0.29) is 24.4 Å². The van der Waals surface area contributed by atoms with E-state index in [1.165, 1.54) is 7.11 Å². The van der Waals surface area contributed by atoms with Crippen LogP contribution < -0.4 is 5.32 Å². The Bertz CT molecular complexity index is 320. The van der Waals surface area contributed by atoms with Crippen molar-refractivity contribution in [2.24, 2.45) is 0 Å². The summed E-state index contributed by atoms with van der Waals surface area (Å²) in [5.41, 5.74) is 1.13. The van der Waals surface area contributed by atoms with Gasteiger partial charge >= 0.3 is 5.97 Å². The number of carbonyl (C=O) groups excluding carboxylic acids is 1. The first-order chi connectivity index (χ1) is 7.77. The minimum atomic E-state index is -0.331. The molecule has 0 aliphatic heterocycles. The van der Waals surface area contributed by atoms with Crippen LogP contribution in [0.15, 0.2) is 30.3 Å². The highest BCUT2D eigenvalue weighted by Crippen LogP contribution is 2.02. The second kappa shape index (κ2) is 9.28. The van der Waals surface area contributed by atoms with Crippen LogP contribution in [0, 0.1) is 0 Å². The van der Waals surface area contributed by atoms with E-state index in [0.717, 1.165) is 5.56 Å². The predicted molar refractivity (Wildman–Crippen MR) is 71.7 cm³/mol. The zero-order chi connectivity index (χ0) is 11.8. The Morgan fingerprint density at radius 3 is 2.59 bits per heavy atom. The third-order valence-corrected chi connectivity index (χ3v) is 2.50. The third kappa shape index (κ3) is 5.91. The van der Waals surface area contributed by atoms with Gasteiger partial charge in [-0.15, -0.1) is 24.0 Å². The van der Waals surface area contributed by atoms with E-state index < -0.39 is 0 Å². The summed E-state index contributed by atoms with van der Waals surface area (Å²) in [6, 6.07) is 9.56. The van der Waals surface area contributed by atoms with Crippen molar-refractivity contribution in [3.63, 3.8) is 0 Å². The fourth-order valence-corrected chi connectivity index (χ4v) is 1.61. The summed E-state index contributed by atoms with van der Waals surface area (Å²) in [6.07, 6.45) is 0.570. The lowest BCUT2D eigenvalue weighted by molar-refractivity contribution is -0.143. The lowest BCUT2D eigenvalue weighted by Gasteiger charge is -2.15. The van der Waals surface area contributed by atoms with Crippen molar-refractivity contribution in [1.29, 1.82) is 0 Å². The number of rotatable bonds is 6. The number of esters is 1. The van der Waals surface area contributed by atoms with Gasteiger partial charge in [0.2, 0.25) is 0 Å². The van der Waals surface area contributed by atoms with Crippen LogP contribution in [0.4, 0.5) is 0 Å². The lowest BCUT2D eigenvalue weighted by Crippen LogP contribution is -2.37. The van der Waals surface area contributed by atoms with E-state index in [2.05, 4.69) is 5.32 Å². The molecule has 0 radical (unpaired) electrons. The fourth-order valence-electron chi connectivity index (χ4n) is 1.39. The van der Waals surface area contributed by atoms with Crippen LogP contribution in [0.25, 0.3) is 0 Å². The van der Waals surface area contributed by atoms with Gasteiger partial charge in [0.15, 0.2) is 0 Å². The summed E-state index contributed by atoms with van der Waals surface area (Å²) in [5, 5.41) is 3.13. The molecular weight excluding hydrogens is 261 g/mol.